The molecule has 28 heavy (non-hydrogen) atoms. The van der Waals surface area contributed by atoms with Crippen molar-refractivity contribution in [3.05, 3.63) is 57.0 Å². The van der Waals surface area contributed by atoms with Gasteiger partial charge in [-0.25, -0.2) is 12.8 Å². The third-order valence-electron chi connectivity index (χ3n) is 5.30. The van der Waals surface area contributed by atoms with E-state index in [1.165, 1.54) is 6.07 Å². The number of halogens is 2. The minimum Gasteiger partial charge on any atom is -0.396 e. The number of nitrogens with zero attached hydrogens (tertiary/aromatic N) is 1. The first-order valence-electron chi connectivity index (χ1n) is 8.87. The number of H-pyrrole nitrogens is 1. The predicted molar refractivity (Wildman–Crippen MR) is 114 cm³/mol. The van der Waals surface area contributed by atoms with E-state index < -0.39 is 14.8 Å². The molecule has 148 valence electrons. The van der Waals surface area contributed by atoms with Crippen LogP contribution in [0.15, 0.2) is 36.5 Å². The van der Waals surface area contributed by atoms with Crippen LogP contribution in [0, 0.1) is 9.39 Å². The SMILES string of the molecule is O=S(=O)(Nc1ccc2cn[nH]c2c1Cc1ccc(I)cc1F)C1(CCO)CC1. The number of benzene rings is 2. The number of hydrogen-bond donors (Lipinski definition) is 3. The summed E-state index contributed by atoms with van der Waals surface area (Å²) in [5, 5.41) is 17.0. The van der Waals surface area contributed by atoms with Crippen LogP contribution in [0.5, 0.6) is 0 Å². The van der Waals surface area contributed by atoms with E-state index in [-0.39, 0.29) is 25.3 Å². The molecule has 1 heterocycles. The topological polar surface area (TPSA) is 95.1 Å². The molecule has 4 rings (SSSR count). The Kier molecular flexibility index (Phi) is 5.09. The van der Waals surface area contributed by atoms with Gasteiger partial charge in [-0.15, -0.1) is 0 Å². The van der Waals surface area contributed by atoms with Gasteiger partial charge in [0.25, 0.3) is 0 Å². The second-order valence-corrected chi connectivity index (χ2v) is 10.4. The zero-order chi connectivity index (χ0) is 19.9. The van der Waals surface area contributed by atoms with E-state index in [0.717, 1.165) is 8.96 Å². The molecule has 9 heteroatoms. The Morgan fingerprint density at radius 1 is 1.29 bits per heavy atom. The number of rotatable bonds is 7. The van der Waals surface area contributed by atoms with Gasteiger partial charge in [0.05, 0.1) is 22.1 Å². The smallest absolute Gasteiger partial charge is 0.238 e. The molecule has 0 atom stereocenters. The number of nitrogens with one attached hydrogen (secondary N) is 2. The molecule has 1 aliphatic carbocycles. The maximum Gasteiger partial charge on any atom is 0.238 e. The molecule has 0 aliphatic heterocycles. The van der Waals surface area contributed by atoms with Crippen molar-refractivity contribution in [3.63, 3.8) is 0 Å². The highest BCUT2D eigenvalue weighted by molar-refractivity contribution is 14.1. The van der Waals surface area contributed by atoms with Crippen LogP contribution < -0.4 is 4.72 Å². The Morgan fingerprint density at radius 2 is 2.07 bits per heavy atom. The molecule has 6 nitrogen and oxygen atoms in total. The zero-order valence-corrected chi connectivity index (χ0v) is 17.8. The van der Waals surface area contributed by atoms with Gasteiger partial charge in [0, 0.05) is 27.5 Å². The van der Waals surface area contributed by atoms with Crippen molar-refractivity contribution in [2.45, 2.75) is 30.4 Å². The summed E-state index contributed by atoms with van der Waals surface area (Å²) in [5.41, 5.74) is 2.18. The van der Waals surface area contributed by atoms with Crippen LogP contribution in [0.4, 0.5) is 10.1 Å². The summed E-state index contributed by atoms with van der Waals surface area (Å²) in [5.74, 6) is -0.337. The third-order valence-corrected chi connectivity index (χ3v) is 8.21. The summed E-state index contributed by atoms with van der Waals surface area (Å²) < 4.78 is 42.9. The maximum absolute atomic E-state index is 14.4. The molecule has 0 spiro atoms. The lowest BCUT2D eigenvalue weighted by Gasteiger charge is -2.19. The summed E-state index contributed by atoms with van der Waals surface area (Å²) in [4.78, 5) is 0. The summed E-state index contributed by atoms with van der Waals surface area (Å²) in [6.07, 6.45) is 3.12. The van der Waals surface area contributed by atoms with Crippen LogP contribution in [0.1, 0.15) is 30.4 Å². The van der Waals surface area contributed by atoms with Crippen LogP contribution in [-0.2, 0) is 16.4 Å². The fourth-order valence-electron chi connectivity index (χ4n) is 3.46. The molecule has 1 saturated carbocycles. The van der Waals surface area contributed by atoms with Gasteiger partial charge in [0.1, 0.15) is 5.82 Å². The van der Waals surface area contributed by atoms with Gasteiger partial charge in [-0.05, 0) is 71.7 Å². The summed E-state index contributed by atoms with van der Waals surface area (Å²) in [6.45, 7) is -0.179. The molecule has 2 aromatic carbocycles. The molecule has 1 fully saturated rings. The normalized spacial score (nSPS) is 15.7. The molecular weight excluding hydrogens is 496 g/mol. The van der Waals surface area contributed by atoms with E-state index >= 15 is 0 Å². The van der Waals surface area contributed by atoms with E-state index in [0.29, 0.717) is 35.2 Å². The van der Waals surface area contributed by atoms with E-state index in [2.05, 4.69) is 14.9 Å². The monoisotopic (exact) mass is 515 g/mol. The maximum atomic E-state index is 14.4. The van der Waals surface area contributed by atoms with Gasteiger partial charge >= 0.3 is 0 Å². The highest BCUT2D eigenvalue weighted by Gasteiger charge is 2.54. The Labute approximate surface area is 175 Å². The van der Waals surface area contributed by atoms with E-state index in [9.17, 15) is 17.9 Å². The Morgan fingerprint density at radius 3 is 2.75 bits per heavy atom. The van der Waals surface area contributed by atoms with Crippen LogP contribution in [0.2, 0.25) is 0 Å². The molecule has 3 aromatic rings. The number of hydrogen-bond acceptors (Lipinski definition) is 4. The van der Waals surface area contributed by atoms with Gasteiger partial charge < -0.3 is 5.11 Å². The minimum absolute atomic E-state index is 0.179. The number of aliphatic hydroxyl groups is 1. The number of aromatic nitrogens is 2. The molecule has 3 N–H and O–H groups in total. The van der Waals surface area contributed by atoms with Gasteiger partial charge in [0.2, 0.25) is 10.0 Å². The summed E-state index contributed by atoms with van der Waals surface area (Å²) >= 11 is 2.05. The van der Waals surface area contributed by atoms with E-state index in [4.69, 9.17) is 0 Å². The summed E-state index contributed by atoms with van der Waals surface area (Å²) in [6, 6.07) is 8.43. The lowest BCUT2D eigenvalue weighted by molar-refractivity contribution is 0.283. The van der Waals surface area contributed by atoms with Crippen molar-refractivity contribution in [1.82, 2.24) is 10.2 Å². The highest BCUT2D eigenvalue weighted by atomic mass is 127. The van der Waals surface area contributed by atoms with Crippen molar-refractivity contribution < 1.29 is 17.9 Å². The van der Waals surface area contributed by atoms with Gasteiger partial charge in [0.15, 0.2) is 0 Å². The van der Waals surface area contributed by atoms with Crippen LogP contribution in [0.25, 0.3) is 10.9 Å². The molecule has 0 saturated heterocycles. The van der Waals surface area contributed by atoms with E-state index in [1.807, 2.05) is 28.7 Å². The highest BCUT2D eigenvalue weighted by Crippen LogP contribution is 2.47. The first kappa shape index (κ1) is 19.6. The Balaban J connectivity index is 1.76. The molecular formula is C19H19FIN3O3S. The fourth-order valence-corrected chi connectivity index (χ4v) is 5.61. The first-order chi connectivity index (χ1) is 13.4. The standard InChI is InChI=1S/C19H19FIN3O3S/c20-16-10-14(21)3-1-12(16)9-15-17(4-2-13-11-22-23-18(13)15)24-28(26,27)19(5-6-19)7-8-25/h1-4,10-11,24-25H,5-9H2,(H,22,23). The third kappa shape index (κ3) is 3.50. The molecule has 0 bridgehead atoms. The second-order valence-electron chi connectivity index (χ2n) is 7.10. The van der Waals surface area contributed by atoms with E-state index in [1.54, 1.807) is 24.4 Å². The molecule has 1 aliphatic rings. The fraction of sp³-hybridized carbons (Fsp3) is 0.316. The van der Waals surface area contributed by atoms with Gasteiger partial charge in [-0.2, -0.15) is 5.10 Å². The van der Waals surface area contributed by atoms with Crippen LogP contribution in [-0.4, -0.2) is 35.1 Å². The number of aromatic amines is 1. The molecule has 0 amide bonds. The van der Waals surface area contributed by atoms with Crippen molar-refractivity contribution in [2.75, 3.05) is 11.3 Å². The Hall–Kier alpha value is -1.72. The number of fused-ring (bicyclic) bond motifs is 1. The van der Waals surface area contributed by atoms with Crippen molar-refractivity contribution >= 4 is 49.2 Å². The quantitative estimate of drug-likeness (QED) is 0.420. The number of anilines is 1. The average Bonchev–Trinajstić information content (AvgIpc) is 3.28. The Bertz CT molecular complexity index is 1140. The molecule has 0 unspecified atom stereocenters. The van der Waals surface area contributed by atoms with Crippen molar-refractivity contribution in [2.24, 2.45) is 0 Å². The lowest BCUT2D eigenvalue weighted by atomic mass is 10.0. The summed E-state index contributed by atoms with van der Waals surface area (Å²) in [7, 11) is -3.69. The zero-order valence-electron chi connectivity index (χ0n) is 14.9. The van der Waals surface area contributed by atoms with Crippen molar-refractivity contribution in [1.29, 1.82) is 0 Å². The molecule has 1 aromatic heterocycles. The first-order valence-corrected chi connectivity index (χ1v) is 11.4. The van der Waals surface area contributed by atoms with Gasteiger partial charge in [-0.1, -0.05) is 6.07 Å². The minimum atomic E-state index is -3.69. The largest absolute Gasteiger partial charge is 0.396 e. The predicted octanol–water partition coefficient (Wildman–Crippen LogP) is 3.55. The second kappa shape index (κ2) is 7.27. The number of sulfonamides is 1. The number of aliphatic hydroxyl groups excluding tert-OH is 1. The lowest BCUT2D eigenvalue weighted by Crippen LogP contribution is -2.31. The van der Waals surface area contributed by atoms with Crippen LogP contribution >= 0.6 is 22.6 Å². The van der Waals surface area contributed by atoms with Gasteiger partial charge in [-0.3, -0.25) is 9.82 Å². The average molecular weight is 515 g/mol. The van der Waals surface area contributed by atoms with Crippen LogP contribution in [0.3, 0.4) is 0 Å². The van der Waals surface area contributed by atoms with Crippen molar-refractivity contribution in [3.8, 4) is 0 Å². The molecule has 0 radical (unpaired) electrons.